The quantitative estimate of drug-likeness (QED) is 0.648. The second-order valence-electron chi connectivity index (χ2n) is 4.10. The van der Waals surface area contributed by atoms with E-state index in [1.165, 1.54) is 5.56 Å². The van der Waals surface area contributed by atoms with E-state index in [4.69, 9.17) is 9.84 Å². The predicted octanol–water partition coefficient (Wildman–Crippen LogP) is 2.34. The van der Waals surface area contributed by atoms with Crippen LogP contribution in [-0.4, -0.2) is 24.9 Å². The van der Waals surface area contributed by atoms with Gasteiger partial charge in [-0.3, -0.25) is 0 Å². The van der Waals surface area contributed by atoms with Crippen molar-refractivity contribution in [1.29, 1.82) is 0 Å². The molecular formula is C14H23NO2. The van der Waals surface area contributed by atoms with Crippen LogP contribution in [0.3, 0.4) is 0 Å². The number of unbranched alkanes of at least 4 members (excludes halogenated alkanes) is 1. The Hall–Kier alpha value is -1.06. The highest BCUT2D eigenvalue weighted by Crippen LogP contribution is 2.13. The van der Waals surface area contributed by atoms with E-state index in [1.54, 1.807) is 0 Å². The lowest BCUT2D eigenvalue weighted by Crippen LogP contribution is -2.13. The Labute approximate surface area is 104 Å². The van der Waals surface area contributed by atoms with Gasteiger partial charge < -0.3 is 15.2 Å². The molecule has 0 spiro atoms. The topological polar surface area (TPSA) is 41.5 Å². The molecule has 3 heteroatoms. The van der Waals surface area contributed by atoms with Gasteiger partial charge in [0.1, 0.15) is 5.75 Å². The van der Waals surface area contributed by atoms with Crippen LogP contribution in [-0.2, 0) is 6.54 Å². The zero-order chi connectivity index (χ0) is 12.3. The smallest absolute Gasteiger partial charge is 0.119 e. The van der Waals surface area contributed by atoms with Crippen molar-refractivity contribution in [3.05, 3.63) is 29.8 Å². The van der Waals surface area contributed by atoms with Crippen molar-refractivity contribution in [2.45, 2.75) is 32.7 Å². The Bertz CT molecular complexity index is 302. The minimum Gasteiger partial charge on any atom is -0.494 e. The second kappa shape index (κ2) is 9.02. The molecule has 0 aromatic heterocycles. The van der Waals surface area contributed by atoms with Crippen molar-refractivity contribution in [3.63, 3.8) is 0 Å². The van der Waals surface area contributed by atoms with Crippen molar-refractivity contribution < 1.29 is 9.84 Å². The number of aliphatic hydroxyl groups is 1. The van der Waals surface area contributed by atoms with Gasteiger partial charge in [0.15, 0.2) is 0 Å². The summed E-state index contributed by atoms with van der Waals surface area (Å²) in [6.07, 6.45) is 2.85. The number of rotatable bonds is 9. The van der Waals surface area contributed by atoms with Crippen molar-refractivity contribution in [2.24, 2.45) is 0 Å². The maximum Gasteiger partial charge on any atom is 0.119 e. The summed E-state index contributed by atoms with van der Waals surface area (Å²) in [5.41, 5.74) is 1.25. The minimum atomic E-state index is 0.240. The fraction of sp³-hybridized carbons (Fsp3) is 0.571. The van der Waals surface area contributed by atoms with Gasteiger partial charge in [-0.1, -0.05) is 19.1 Å². The number of hydrogen-bond donors (Lipinski definition) is 2. The lowest BCUT2D eigenvalue weighted by atomic mass is 10.2. The second-order valence-corrected chi connectivity index (χ2v) is 4.10. The number of benzene rings is 1. The van der Waals surface area contributed by atoms with Gasteiger partial charge in [-0.2, -0.15) is 0 Å². The molecule has 1 aromatic carbocycles. The summed E-state index contributed by atoms with van der Waals surface area (Å²) in [6, 6.07) is 8.16. The van der Waals surface area contributed by atoms with E-state index in [1.807, 2.05) is 12.1 Å². The van der Waals surface area contributed by atoms with E-state index in [-0.39, 0.29) is 6.61 Å². The van der Waals surface area contributed by atoms with Crippen LogP contribution in [0.1, 0.15) is 31.7 Å². The average Bonchev–Trinajstić information content (AvgIpc) is 2.36. The van der Waals surface area contributed by atoms with Crippen molar-refractivity contribution >= 4 is 0 Å². The highest BCUT2D eigenvalue weighted by Gasteiger charge is 1.97. The fourth-order valence-corrected chi connectivity index (χ4v) is 1.56. The van der Waals surface area contributed by atoms with Crippen molar-refractivity contribution in [2.75, 3.05) is 19.8 Å². The lowest BCUT2D eigenvalue weighted by Gasteiger charge is -2.08. The highest BCUT2D eigenvalue weighted by atomic mass is 16.5. The number of ether oxygens (including phenoxy) is 1. The molecule has 2 N–H and O–H groups in total. The third-order valence-corrected chi connectivity index (χ3v) is 2.48. The van der Waals surface area contributed by atoms with Gasteiger partial charge in [-0.15, -0.1) is 0 Å². The Kier molecular flexibility index (Phi) is 7.43. The summed E-state index contributed by atoms with van der Waals surface area (Å²) in [5, 5.41) is 12.0. The molecule has 1 rings (SSSR count). The van der Waals surface area contributed by atoms with Gasteiger partial charge in [-0.05, 0) is 43.5 Å². The van der Waals surface area contributed by atoms with Crippen LogP contribution < -0.4 is 10.1 Å². The Balaban J connectivity index is 2.31. The van der Waals surface area contributed by atoms with Crippen LogP contribution in [0.4, 0.5) is 0 Å². The first-order chi connectivity index (χ1) is 8.36. The van der Waals surface area contributed by atoms with Crippen molar-refractivity contribution in [3.8, 4) is 5.75 Å². The number of hydrogen-bond acceptors (Lipinski definition) is 3. The molecule has 0 saturated carbocycles. The van der Waals surface area contributed by atoms with Gasteiger partial charge in [0, 0.05) is 13.2 Å². The molecule has 0 heterocycles. The lowest BCUT2D eigenvalue weighted by molar-refractivity contribution is 0.253. The van der Waals surface area contributed by atoms with Gasteiger partial charge in [0.2, 0.25) is 0 Å². The normalized spacial score (nSPS) is 10.5. The maximum absolute atomic E-state index is 8.66. The van der Waals surface area contributed by atoms with Crippen LogP contribution in [0.15, 0.2) is 24.3 Å². The molecule has 17 heavy (non-hydrogen) atoms. The van der Waals surface area contributed by atoms with Gasteiger partial charge >= 0.3 is 0 Å². The van der Waals surface area contributed by atoms with Gasteiger partial charge in [0.05, 0.1) is 6.61 Å². The van der Waals surface area contributed by atoms with Crippen LogP contribution in [0.25, 0.3) is 0 Å². The molecule has 96 valence electrons. The SMILES string of the molecule is CCCNCc1cccc(OCCCCO)c1. The molecule has 0 aliphatic carbocycles. The zero-order valence-electron chi connectivity index (χ0n) is 10.6. The molecule has 1 aromatic rings. The largest absolute Gasteiger partial charge is 0.494 e. The molecule has 0 fully saturated rings. The Morgan fingerprint density at radius 2 is 2.18 bits per heavy atom. The van der Waals surface area contributed by atoms with Crippen LogP contribution in [0.5, 0.6) is 5.75 Å². The van der Waals surface area contributed by atoms with E-state index in [9.17, 15) is 0 Å². The van der Waals surface area contributed by atoms with Gasteiger partial charge in [-0.25, -0.2) is 0 Å². The minimum absolute atomic E-state index is 0.240. The Morgan fingerprint density at radius 3 is 2.94 bits per heavy atom. The summed E-state index contributed by atoms with van der Waals surface area (Å²) in [5.74, 6) is 0.915. The molecule has 3 nitrogen and oxygen atoms in total. The maximum atomic E-state index is 8.66. The van der Waals surface area contributed by atoms with E-state index < -0.39 is 0 Å². The third-order valence-electron chi connectivity index (χ3n) is 2.48. The van der Waals surface area contributed by atoms with E-state index in [0.29, 0.717) is 6.61 Å². The predicted molar refractivity (Wildman–Crippen MR) is 70.3 cm³/mol. The molecule has 0 saturated heterocycles. The van der Waals surface area contributed by atoms with E-state index >= 15 is 0 Å². The first kappa shape index (κ1) is 14.0. The first-order valence-corrected chi connectivity index (χ1v) is 6.40. The summed E-state index contributed by atoms with van der Waals surface area (Å²) in [6.45, 7) is 5.01. The molecule has 0 bridgehead atoms. The molecule has 0 atom stereocenters. The Morgan fingerprint density at radius 1 is 1.29 bits per heavy atom. The molecule has 0 unspecified atom stereocenters. The summed E-state index contributed by atoms with van der Waals surface area (Å²) in [7, 11) is 0. The highest BCUT2D eigenvalue weighted by molar-refractivity contribution is 5.28. The van der Waals surface area contributed by atoms with Crippen LogP contribution >= 0.6 is 0 Å². The fourth-order valence-electron chi connectivity index (χ4n) is 1.56. The van der Waals surface area contributed by atoms with E-state index in [0.717, 1.165) is 38.1 Å². The van der Waals surface area contributed by atoms with Crippen LogP contribution in [0, 0.1) is 0 Å². The summed E-state index contributed by atoms with van der Waals surface area (Å²) in [4.78, 5) is 0. The van der Waals surface area contributed by atoms with Gasteiger partial charge in [0.25, 0.3) is 0 Å². The van der Waals surface area contributed by atoms with Crippen molar-refractivity contribution in [1.82, 2.24) is 5.32 Å². The summed E-state index contributed by atoms with van der Waals surface area (Å²) >= 11 is 0. The molecule has 0 amide bonds. The monoisotopic (exact) mass is 237 g/mol. The van der Waals surface area contributed by atoms with E-state index in [2.05, 4.69) is 24.4 Å². The molecule has 0 aliphatic rings. The first-order valence-electron chi connectivity index (χ1n) is 6.40. The molecule has 0 aliphatic heterocycles. The molecular weight excluding hydrogens is 214 g/mol. The third kappa shape index (κ3) is 6.29. The average molecular weight is 237 g/mol. The van der Waals surface area contributed by atoms with Crippen LogP contribution in [0.2, 0.25) is 0 Å². The summed E-state index contributed by atoms with van der Waals surface area (Å²) < 4.78 is 5.62. The zero-order valence-corrected chi connectivity index (χ0v) is 10.6. The molecule has 0 radical (unpaired) electrons. The standard InChI is InChI=1S/C14H23NO2/c1-2-8-15-12-13-6-5-7-14(11-13)17-10-4-3-9-16/h5-7,11,15-16H,2-4,8-10,12H2,1H3. The number of nitrogens with one attached hydrogen (secondary N) is 1. The number of aliphatic hydroxyl groups excluding tert-OH is 1.